The highest BCUT2D eigenvalue weighted by Crippen LogP contribution is 2.44. The second-order valence-electron chi connectivity index (χ2n) is 6.66. The Hall–Kier alpha value is -3.15. The molecule has 2 heterocycles. The highest BCUT2D eigenvalue weighted by atomic mass is 35.5. The third-order valence-corrected chi connectivity index (χ3v) is 5.69. The highest BCUT2D eigenvalue weighted by molar-refractivity contribution is 7.99. The van der Waals surface area contributed by atoms with E-state index < -0.39 is 6.23 Å². The molecule has 1 atom stereocenters. The first kappa shape index (κ1) is 21.1. The van der Waals surface area contributed by atoms with Crippen molar-refractivity contribution < 1.29 is 9.53 Å². The zero-order valence-electron chi connectivity index (χ0n) is 16.9. The van der Waals surface area contributed by atoms with Gasteiger partial charge in [-0.15, -0.1) is 10.2 Å². The number of carbonyl (C=O) groups excluding carboxylic acids is 1. The normalized spacial score (nSPS) is 14.6. The molecule has 9 heteroatoms. The van der Waals surface area contributed by atoms with Gasteiger partial charge in [0.05, 0.1) is 17.3 Å². The van der Waals surface area contributed by atoms with Crippen LogP contribution in [0.25, 0.3) is 11.3 Å². The average Bonchev–Trinajstić information content (AvgIpc) is 2.93. The molecule has 0 radical (unpaired) electrons. The molecule has 156 valence electrons. The molecule has 4 rings (SSSR count). The molecule has 1 amide bonds. The van der Waals surface area contributed by atoms with Crippen LogP contribution in [0.2, 0.25) is 5.02 Å². The molecular formula is C22H18ClN5O2S. The van der Waals surface area contributed by atoms with Crippen molar-refractivity contribution in [2.75, 3.05) is 10.7 Å². The number of thioether (sulfide) groups is 1. The van der Waals surface area contributed by atoms with Crippen molar-refractivity contribution in [3.8, 4) is 23.2 Å². The van der Waals surface area contributed by atoms with Gasteiger partial charge in [-0.05, 0) is 36.1 Å². The topological polar surface area (TPSA) is 92.0 Å². The molecule has 7 nitrogen and oxygen atoms in total. The lowest BCUT2D eigenvalue weighted by Crippen LogP contribution is -2.37. The fourth-order valence-electron chi connectivity index (χ4n) is 3.31. The van der Waals surface area contributed by atoms with Gasteiger partial charge in [0.1, 0.15) is 0 Å². The maximum atomic E-state index is 13.1. The van der Waals surface area contributed by atoms with Gasteiger partial charge in [-0.2, -0.15) is 10.2 Å². The van der Waals surface area contributed by atoms with Crippen molar-refractivity contribution in [3.05, 3.63) is 58.6 Å². The molecule has 0 spiro atoms. The molecule has 0 saturated carbocycles. The summed E-state index contributed by atoms with van der Waals surface area (Å²) in [5, 5.41) is 18.7. The van der Waals surface area contributed by atoms with Crippen molar-refractivity contribution in [3.63, 3.8) is 0 Å². The average molecular weight is 452 g/mol. The second-order valence-corrected chi connectivity index (χ2v) is 8.33. The minimum Gasteiger partial charge on any atom is -0.447 e. The van der Waals surface area contributed by atoms with Gasteiger partial charge in [-0.3, -0.25) is 9.69 Å². The van der Waals surface area contributed by atoms with Crippen LogP contribution in [0.1, 0.15) is 37.6 Å². The standard InChI is InChI=1S/C22H18ClN5O2S/c1-3-18(29)28-17-10-9-15(23)11-16(17)19-20(25-22(27-26-19)31-4-2)30-21(28)14-7-5-13(12-24)6-8-14/h5-11,21H,3-4H2,1-2H3. The number of rotatable bonds is 4. The van der Waals surface area contributed by atoms with Crippen LogP contribution in [0.5, 0.6) is 5.88 Å². The Balaban J connectivity index is 1.95. The van der Waals surface area contributed by atoms with Crippen molar-refractivity contribution in [1.29, 1.82) is 5.26 Å². The predicted octanol–water partition coefficient (Wildman–Crippen LogP) is 5.01. The Morgan fingerprint density at radius 2 is 2.00 bits per heavy atom. The van der Waals surface area contributed by atoms with Gasteiger partial charge in [0.25, 0.3) is 0 Å². The SMILES string of the molecule is CCSc1nnc2c(n1)OC(c1ccc(C#N)cc1)N(C(=O)CC)c1ccc(Cl)cc1-2. The molecule has 1 unspecified atom stereocenters. The first-order valence-electron chi connectivity index (χ1n) is 9.72. The first-order valence-corrected chi connectivity index (χ1v) is 11.1. The van der Waals surface area contributed by atoms with Crippen molar-refractivity contribution in [2.24, 2.45) is 0 Å². The Kier molecular flexibility index (Phi) is 6.07. The molecule has 2 aromatic carbocycles. The van der Waals surface area contributed by atoms with Gasteiger partial charge >= 0.3 is 0 Å². The summed E-state index contributed by atoms with van der Waals surface area (Å²) in [7, 11) is 0. The van der Waals surface area contributed by atoms with Crippen LogP contribution in [0, 0.1) is 11.3 Å². The molecule has 1 aliphatic rings. The highest BCUT2D eigenvalue weighted by Gasteiger charge is 2.35. The number of halogens is 1. The molecule has 31 heavy (non-hydrogen) atoms. The Morgan fingerprint density at radius 3 is 2.68 bits per heavy atom. The summed E-state index contributed by atoms with van der Waals surface area (Å²) in [4.78, 5) is 19.2. The van der Waals surface area contributed by atoms with Crippen LogP contribution in [0.3, 0.4) is 0 Å². The largest absolute Gasteiger partial charge is 0.447 e. The van der Waals surface area contributed by atoms with Gasteiger partial charge in [0.15, 0.2) is 5.69 Å². The molecule has 0 aliphatic carbocycles. The summed E-state index contributed by atoms with van der Waals surface area (Å²) in [5.74, 6) is 0.916. The number of hydrogen-bond donors (Lipinski definition) is 0. The molecular weight excluding hydrogens is 434 g/mol. The number of anilines is 1. The number of nitriles is 1. The molecule has 0 fully saturated rings. The number of nitrogens with zero attached hydrogens (tertiary/aromatic N) is 5. The number of fused-ring (bicyclic) bond motifs is 3. The Labute approximate surface area is 189 Å². The van der Waals surface area contributed by atoms with Crippen LogP contribution in [0.15, 0.2) is 47.6 Å². The van der Waals surface area contributed by atoms with Crippen LogP contribution in [-0.2, 0) is 4.79 Å². The van der Waals surface area contributed by atoms with E-state index in [-0.39, 0.29) is 18.2 Å². The molecule has 1 aromatic heterocycles. The van der Waals surface area contributed by atoms with Crippen LogP contribution >= 0.6 is 23.4 Å². The lowest BCUT2D eigenvalue weighted by Gasteiger charge is -2.30. The number of hydrogen-bond acceptors (Lipinski definition) is 7. The van der Waals surface area contributed by atoms with E-state index in [1.54, 1.807) is 54.3 Å². The van der Waals surface area contributed by atoms with E-state index in [9.17, 15) is 4.79 Å². The van der Waals surface area contributed by atoms with E-state index in [2.05, 4.69) is 21.3 Å². The maximum absolute atomic E-state index is 13.1. The minimum atomic E-state index is -0.794. The van der Waals surface area contributed by atoms with Gasteiger partial charge < -0.3 is 4.74 Å². The van der Waals surface area contributed by atoms with Gasteiger partial charge in [0, 0.05) is 22.6 Å². The lowest BCUT2D eigenvalue weighted by molar-refractivity contribution is -0.120. The van der Waals surface area contributed by atoms with E-state index in [0.717, 1.165) is 5.75 Å². The van der Waals surface area contributed by atoms with Gasteiger partial charge in [0.2, 0.25) is 23.2 Å². The van der Waals surface area contributed by atoms with Crippen LogP contribution < -0.4 is 9.64 Å². The molecule has 0 N–H and O–H groups in total. The lowest BCUT2D eigenvalue weighted by atomic mass is 10.1. The third-order valence-electron chi connectivity index (χ3n) is 4.74. The van der Waals surface area contributed by atoms with Crippen molar-refractivity contribution >= 4 is 35.0 Å². The van der Waals surface area contributed by atoms with E-state index in [0.29, 0.717) is 38.3 Å². The summed E-state index contributed by atoms with van der Waals surface area (Å²) in [6.45, 7) is 3.79. The smallest absolute Gasteiger partial charge is 0.247 e. The zero-order valence-corrected chi connectivity index (χ0v) is 18.4. The number of carbonyl (C=O) groups is 1. The summed E-state index contributed by atoms with van der Waals surface area (Å²) in [6.07, 6.45) is -0.525. The fourth-order valence-corrected chi connectivity index (χ4v) is 3.98. The number of amides is 1. The molecule has 0 saturated heterocycles. The molecule has 1 aliphatic heterocycles. The number of benzene rings is 2. The minimum absolute atomic E-state index is 0.137. The van der Waals surface area contributed by atoms with E-state index in [1.165, 1.54) is 11.8 Å². The van der Waals surface area contributed by atoms with Crippen molar-refractivity contribution in [2.45, 2.75) is 31.7 Å². The quantitative estimate of drug-likeness (QED) is 0.514. The predicted molar refractivity (Wildman–Crippen MR) is 119 cm³/mol. The molecule has 0 bridgehead atoms. The fraction of sp³-hybridized carbons (Fsp3) is 0.227. The van der Waals surface area contributed by atoms with Crippen molar-refractivity contribution in [1.82, 2.24) is 15.2 Å². The first-order chi connectivity index (χ1) is 15.0. The van der Waals surface area contributed by atoms with Crippen LogP contribution in [-0.4, -0.2) is 26.8 Å². The summed E-state index contributed by atoms with van der Waals surface area (Å²) in [6, 6.07) is 14.3. The van der Waals surface area contributed by atoms with Gasteiger partial charge in [-0.25, -0.2) is 0 Å². The summed E-state index contributed by atoms with van der Waals surface area (Å²) in [5.41, 5.74) is 2.87. The Morgan fingerprint density at radius 1 is 1.23 bits per heavy atom. The van der Waals surface area contributed by atoms with E-state index >= 15 is 0 Å². The zero-order chi connectivity index (χ0) is 22.0. The van der Waals surface area contributed by atoms with Crippen LogP contribution in [0.4, 0.5) is 5.69 Å². The van der Waals surface area contributed by atoms with E-state index in [1.807, 2.05) is 6.92 Å². The van der Waals surface area contributed by atoms with Gasteiger partial charge in [-0.1, -0.05) is 49.3 Å². The monoisotopic (exact) mass is 451 g/mol. The summed E-state index contributed by atoms with van der Waals surface area (Å²) >= 11 is 7.72. The van der Waals surface area contributed by atoms with E-state index in [4.69, 9.17) is 21.6 Å². The third kappa shape index (κ3) is 4.07. The Bertz CT molecular complexity index is 1180. The second kappa shape index (κ2) is 8.92. The maximum Gasteiger partial charge on any atom is 0.247 e. The number of ether oxygens (including phenoxy) is 1. The number of aromatic nitrogens is 3. The summed E-state index contributed by atoms with van der Waals surface area (Å²) < 4.78 is 6.31. The molecule has 3 aromatic rings.